The van der Waals surface area contributed by atoms with Gasteiger partial charge in [-0.2, -0.15) is 0 Å². The van der Waals surface area contributed by atoms with Crippen LogP contribution in [-0.2, 0) is 4.74 Å². The normalized spacial score (nSPS) is 22.9. The van der Waals surface area contributed by atoms with Crippen LogP contribution < -0.4 is 5.32 Å². The van der Waals surface area contributed by atoms with Crippen LogP contribution in [0.2, 0.25) is 0 Å². The van der Waals surface area contributed by atoms with Crippen molar-refractivity contribution in [2.75, 3.05) is 26.8 Å². The first kappa shape index (κ1) is 9.75. The summed E-state index contributed by atoms with van der Waals surface area (Å²) in [5, 5.41) is 3.40. The fourth-order valence-corrected chi connectivity index (χ4v) is 1.52. The van der Waals surface area contributed by atoms with Crippen molar-refractivity contribution < 1.29 is 4.74 Å². The summed E-state index contributed by atoms with van der Waals surface area (Å²) in [4.78, 5) is 0. The SMILES string of the molecule is COCCNCC1CC=CCC1. The molecule has 1 atom stereocenters. The third kappa shape index (κ3) is 3.88. The Morgan fingerprint density at radius 1 is 1.50 bits per heavy atom. The van der Waals surface area contributed by atoms with Crippen molar-refractivity contribution >= 4 is 0 Å². The van der Waals surface area contributed by atoms with Crippen molar-refractivity contribution in [3.05, 3.63) is 12.2 Å². The molecule has 0 saturated heterocycles. The molecule has 12 heavy (non-hydrogen) atoms. The minimum Gasteiger partial charge on any atom is -0.383 e. The van der Waals surface area contributed by atoms with Gasteiger partial charge in [0.25, 0.3) is 0 Å². The van der Waals surface area contributed by atoms with E-state index in [9.17, 15) is 0 Å². The fraction of sp³-hybridized carbons (Fsp3) is 0.800. The fourth-order valence-electron chi connectivity index (χ4n) is 1.52. The Bertz CT molecular complexity index is 134. The number of methoxy groups -OCH3 is 1. The van der Waals surface area contributed by atoms with Crippen LogP contribution in [0, 0.1) is 5.92 Å². The predicted molar refractivity (Wildman–Crippen MR) is 51.2 cm³/mol. The molecule has 70 valence electrons. The molecule has 1 rings (SSSR count). The number of hydrogen-bond acceptors (Lipinski definition) is 2. The van der Waals surface area contributed by atoms with Gasteiger partial charge in [0.05, 0.1) is 6.61 Å². The zero-order chi connectivity index (χ0) is 8.65. The Kier molecular flexibility index (Phi) is 5.04. The molecular weight excluding hydrogens is 150 g/mol. The molecule has 0 saturated carbocycles. The monoisotopic (exact) mass is 169 g/mol. The third-order valence-electron chi connectivity index (χ3n) is 2.29. The minimum absolute atomic E-state index is 0.822. The second-order valence-electron chi connectivity index (χ2n) is 3.35. The van der Waals surface area contributed by atoms with E-state index in [-0.39, 0.29) is 0 Å². The highest BCUT2D eigenvalue weighted by atomic mass is 16.5. The van der Waals surface area contributed by atoms with Crippen molar-refractivity contribution in [1.29, 1.82) is 0 Å². The smallest absolute Gasteiger partial charge is 0.0587 e. The quantitative estimate of drug-likeness (QED) is 0.498. The van der Waals surface area contributed by atoms with E-state index in [2.05, 4.69) is 17.5 Å². The van der Waals surface area contributed by atoms with Crippen LogP contribution in [0.4, 0.5) is 0 Å². The Morgan fingerprint density at radius 3 is 3.08 bits per heavy atom. The van der Waals surface area contributed by atoms with Crippen LogP contribution in [0.15, 0.2) is 12.2 Å². The molecule has 0 aromatic heterocycles. The molecule has 0 spiro atoms. The van der Waals surface area contributed by atoms with E-state index in [1.54, 1.807) is 7.11 Å². The largest absolute Gasteiger partial charge is 0.383 e. The van der Waals surface area contributed by atoms with Crippen molar-refractivity contribution in [3.63, 3.8) is 0 Å². The first-order chi connectivity index (χ1) is 5.93. The van der Waals surface area contributed by atoms with Crippen molar-refractivity contribution in [2.45, 2.75) is 19.3 Å². The Balaban J connectivity index is 1.95. The summed E-state index contributed by atoms with van der Waals surface area (Å²) in [6.07, 6.45) is 8.44. The molecular formula is C10H19NO. The van der Waals surface area contributed by atoms with E-state index in [0.717, 1.165) is 25.6 Å². The van der Waals surface area contributed by atoms with E-state index in [0.29, 0.717) is 0 Å². The number of ether oxygens (including phenoxy) is 1. The van der Waals surface area contributed by atoms with E-state index in [1.807, 2.05) is 0 Å². The second-order valence-corrected chi connectivity index (χ2v) is 3.35. The minimum atomic E-state index is 0.822. The second kappa shape index (κ2) is 6.21. The number of rotatable bonds is 5. The van der Waals surface area contributed by atoms with Gasteiger partial charge in [-0.1, -0.05) is 12.2 Å². The molecule has 2 nitrogen and oxygen atoms in total. The number of allylic oxidation sites excluding steroid dienone is 2. The van der Waals surface area contributed by atoms with Gasteiger partial charge < -0.3 is 10.1 Å². The standard InChI is InChI=1S/C10H19NO/c1-12-8-7-11-9-10-5-3-2-4-6-10/h2-3,10-11H,4-9H2,1H3. The topological polar surface area (TPSA) is 21.3 Å². The van der Waals surface area contributed by atoms with Crippen LogP contribution in [0.25, 0.3) is 0 Å². The highest BCUT2D eigenvalue weighted by Crippen LogP contribution is 2.16. The van der Waals surface area contributed by atoms with Crippen molar-refractivity contribution in [3.8, 4) is 0 Å². The third-order valence-corrected chi connectivity index (χ3v) is 2.29. The molecule has 0 aliphatic heterocycles. The van der Waals surface area contributed by atoms with Gasteiger partial charge in [-0.05, 0) is 31.7 Å². The Hall–Kier alpha value is -0.340. The van der Waals surface area contributed by atoms with Crippen LogP contribution in [0.5, 0.6) is 0 Å². The van der Waals surface area contributed by atoms with E-state index >= 15 is 0 Å². The van der Waals surface area contributed by atoms with Crippen LogP contribution in [0.1, 0.15) is 19.3 Å². The first-order valence-electron chi connectivity index (χ1n) is 4.78. The average Bonchev–Trinajstić information content (AvgIpc) is 2.14. The maximum Gasteiger partial charge on any atom is 0.0587 e. The summed E-state index contributed by atoms with van der Waals surface area (Å²) in [5.74, 6) is 0.854. The van der Waals surface area contributed by atoms with E-state index in [4.69, 9.17) is 4.74 Å². The molecule has 1 N–H and O–H groups in total. The van der Waals surface area contributed by atoms with Gasteiger partial charge in [0.1, 0.15) is 0 Å². The zero-order valence-corrected chi connectivity index (χ0v) is 7.88. The number of nitrogens with one attached hydrogen (secondary N) is 1. The zero-order valence-electron chi connectivity index (χ0n) is 7.88. The maximum absolute atomic E-state index is 4.95. The van der Waals surface area contributed by atoms with Gasteiger partial charge >= 0.3 is 0 Å². The maximum atomic E-state index is 4.95. The molecule has 1 unspecified atom stereocenters. The van der Waals surface area contributed by atoms with Crippen molar-refractivity contribution in [1.82, 2.24) is 5.32 Å². The van der Waals surface area contributed by atoms with Gasteiger partial charge in [-0.25, -0.2) is 0 Å². The Morgan fingerprint density at radius 2 is 2.42 bits per heavy atom. The molecule has 0 amide bonds. The lowest BCUT2D eigenvalue weighted by molar-refractivity contribution is 0.197. The number of hydrogen-bond donors (Lipinski definition) is 1. The summed E-state index contributed by atoms with van der Waals surface area (Å²) in [5.41, 5.74) is 0. The summed E-state index contributed by atoms with van der Waals surface area (Å²) in [7, 11) is 1.74. The molecule has 0 aromatic carbocycles. The van der Waals surface area contributed by atoms with Gasteiger partial charge in [0.15, 0.2) is 0 Å². The lowest BCUT2D eigenvalue weighted by atomic mass is 9.94. The molecule has 0 radical (unpaired) electrons. The molecule has 0 heterocycles. The van der Waals surface area contributed by atoms with Crippen molar-refractivity contribution in [2.24, 2.45) is 5.92 Å². The van der Waals surface area contributed by atoms with E-state index < -0.39 is 0 Å². The average molecular weight is 169 g/mol. The molecule has 1 aliphatic carbocycles. The molecule has 2 heteroatoms. The van der Waals surface area contributed by atoms with Gasteiger partial charge in [0.2, 0.25) is 0 Å². The van der Waals surface area contributed by atoms with Gasteiger partial charge in [-0.15, -0.1) is 0 Å². The van der Waals surface area contributed by atoms with E-state index in [1.165, 1.54) is 19.3 Å². The summed E-state index contributed by atoms with van der Waals surface area (Å²) in [6, 6.07) is 0. The lowest BCUT2D eigenvalue weighted by Gasteiger charge is -2.17. The highest BCUT2D eigenvalue weighted by Gasteiger charge is 2.08. The summed E-state index contributed by atoms with van der Waals surface area (Å²) >= 11 is 0. The first-order valence-corrected chi connectivity index (χ1v) is 4.78. The van der Waals surface area contributed by atoms with Gasteiger partial charge in [-0.3, -0.25) is 0 Å². The summed E-state index contributed by atoms with van der Waals surface area (Å²) in [6.45, 7) is 2.95. The van der Waals surface area contributed by atoms with Crippen LogP contribution in [0.3, 0.4) is 0 Å². The lowest BCUT2D eigenvalue weighted by Crippen LogP contribution is -2.26. The highest BCUT2D eigenvalue weighted by molar-refractivity contribution is 4.90. The van der Waals surface area contributed by atoms with Crippen LogP contribution in [-0.4, -0.2) is 26.8 Å². The molecule has 0 bridgehead atoms. The van der Waals surface area contributed by atoms with Crippen LogP contribution >= 0.6 is 0 Å². The Labute approximate surface area is 75.0 Å². The van der Waals surface area contributed by atoms with Gasteiger partial charge in [0, 0.05) is 13.7 Å². The predicted octanol–water partition coefficient (Wildman–Crippen LogP) is 1.58. The molecule has 1 aliphatic rings. The molecule has 0 aromatic rings. The summed E-state index contributed by atoms with van der Waals surface area (Å²) < 4.78 is 4.95. The molecule has 0 fully saturated rings.